The molecule has 1 aliphatic rings. The lowest BCUT2D eigenvalue weighted by Crippen LogP contribution is -2.36. The van der Waals surface area contributed by atoms with Gasteiger partial charge in [0.25, 0.3) is 0 Å². The fraction of sp³-hybridized carbons (Fsp3) is 0.818. The third-order valence-corrected chi connectivity index (χ3v) is 2.87. The van der Waals surface area contributed by atoms with Gasteiger partial charge in [0.05, 0.1) is 0 Å². The molecule has 2 nitrogen and oxygen atoms in total. The van der Waals surface area contributed by atoms with Gasteiger partial charge >= 0.3 is 0 Å². The van der Waals surface area contributed by atoms with Crippen LogP contribution in [0.15, 0.2) is 12.3 Å². The highest BCUT2D eigenvalue weighted by Gasteiger charge is 2.25. The van der Waals surface area contributed by atoms with E-state index in [1.807, 2.05) is 0 Å². The third-order valence-electron chi connectivity index (χ3n) is 2.87. The number of rotatable bonds is 2. The Balaban J connectivity index is 2.56. The lowest BCUT2D eigenvalue weighted by Gasteiger charge is -2.35. The van der Waals surface area contributed by atoms with E-state index >= 15 is 0 Å². The van der Waals surface area contributed by atoms with E-state index in [4.69, 9.17) is 0 Å². The number of likely N-dealkylation sites (N-methyl/N-ethyl adjacent to an activating group) is 1. The van der Waals surface area contributed by atoms with Crippen molar-refractivity contribution in [3.63, 3.8) is 0 Å². The van der Waals surface area contributed by atoms with Crippen molar-refractivity contribution < 1.29 is 0 Å². The van der Waals surface area contributed by atoms with E-state index in [0.29, 0.717) is 6.04 Å². The van der Waals surface area contributed by atoms with Crippen molar-refractivity contribution in [2.45, 2.75) is 33.2 Å². The van der Waals surface area contributed by atoms with Crippen molar-refractivity contribution in [1.29, 1.82) is 0 Å². The van der Waals surface area contributed by atoms with Crippen LogP contribution in [0.4, 0.5) is 0 Å². The van der Waals surface area contributed by atoms with Crippen molar-refractivity contribution in [3.05, 3.63) is 12.3 Å². The lowest BCUT2D eigenvalue weighted by atomic mass is 9.91. The number of hydrogen-bond acceptors (Lipinski definition) is 2. The highest BCUT2D eigenvalue weighted by atomic mass is 15.2. The number of allylic oxidation sites excluding steroid dienone is 1. The maximum atomic E-state index is 4.17. The molecule has 0 aromatic rings. The van der Waals surface area contributed by atoms with E-state index in [1.165, 1.54) is 12.1 Å². The quantitative estimate of drug-likeness (QED) is 0.701. The molecule has 1 unspecified atom stereocenters. The maximum Gasteiger partial charge on any atom is 0.0420 e. The molecule has 0 spiro atoms. The van der Waals surface area contributed by atoms with Gasteiger partial charge in [0, 0.05) is 30.7 Å². The van der Waals surface area contributed by atoms with Crippen molar-refractivity contribution >= 4 is 0 Å². The Bertz CT molecular complexity index is 185. The Morgan fingerprint density at radius 1 is 1.46 bits per heavy atom. The minimum Gasteiger partial charge on any atom is -0.374 e. The summed E-state index contributed by atoms with van der Waals surface area (Å²) in [6.45, 7) is 13.1. The molecule has 0 bridgehead atoms. The summed E-state index contributed by atoms with van der Waals surface area (Å²) in [7, 11) is 2.16. The molecule has 13 heavy (non-hydrogen) atoms. The molecule has 1 fully saturated rings. The predicted molar refractivity (Wildman–Crippen MR) is 57.6 cm³/mol. The first-order chi connectivity index (χ1) is 5.93. The molecule has 2 heteroatoms. The first-order valence-corrected chi connectivity index (χ1v) is 5.06. The van der Waals surface area contributed by atoms with Crippen molar-refractivity contribution in [1.82, 2.24) is 10.2 Å². The van der Waals surface area contributed by atoms with Crippen LogP contribution in [0, 0.1) is 5.41 Å². The summed E-state index contributed by atoms with van der Waals surface area (Å²) in [6.07, 6.45) is 1.24. The van der Waals surface area contributed by atoms with Crippen LogP contribution in [0.3, 0.4) is 0 Å². The summed E-state index contributed by atoms with van der Waals surface area (Å²) in [4.78, 5) is 2.33. The Kier molecular flexibility index (Phi) is 3.01. The van der Waals surface area contributed by atoms with Gasteiger partial charge in [0.2, 0.25) is 0 Å². The largest absolute Gasteiger partial charge is 0.374 e. The molecule has 1 aliphatic heterocycles. The van der Waals surface area contributed by atoms with Gasteiger partial charge in [-0.15, -0.1) is 0 Å². The van der Waals surface area contributed by atoms with E-state index in [9.17, 15) is 0 Å². The first-order valence-electron chi connectivity index (χ1n) is 5.06. The van der Waals surface area contributed by atoms with Gasteiger partial charge in [-0.05, 0) is 13.0 Å². The van der Waals surface area contributed by atoms with Crippen LogP contribution >= 0.6 is 0 Å². The molecule has 1 atom stereocenters. The smallest absolute Gasteiger partial charge is 0.0420 e. The fourth-order valence-corrected chi connectivity index (χ4v) is 1.72. The van der Waals surface area contributed by atoms with E-state index in [0.717, 1.165) is 13.1 Å². The highest BCUT2D eigenvalue weighted by Crippen LogP contribution is 2.28. The van der Waals surface area contributed by atoms with Gasteiger partial charge in [0.15, 0.2) is 0 Å². The Labute approximate surface area is 82.0 Å². The second-order valence-corrected chi connectivity index (χ2v) is 4.95. The minimum absolute atomic E-state index is 0.192. The standard InChI is InChI=1S/C11H22N2/c1-9(11(2,3)4)13(5)10-6-7-12-8-10/h10,12H,1,6-8H2,2-5H3. The summed E-state index contributed by atoms with van der Waals surface area (Å²) in [5.74, 6) is 0. The van der Waals surface area contributed by atoms with Crippen LogP contribution in [0.1, 0.15) is 27.2 Å². The summed E-state index contributed by atoms with van der Waals surface area (Å²) in [6, 6.07) is 0.645. The fourth-order valence-electron chi connectivity index (χ4n) is 1.72. The summed E-state index contributed by atoms with van der Waals surface area (Å²) in [5.41, 5.74) is 1.43. The molecule has 0 aliphatic carbocycles. The van der Waals surface area contributed by atoms with Crippen LogP contribution in [0.25, 0.3) is 0 Å². The van der Waals surface area contributed by atoms with E-state index in [2.05, 4.69) is 44.6 Å². The molecule has 0 amide bonds. The van der Waals surface area contributed by atoms with Crippen LogP contribution in [-0.4, -0.2) is 31.1 Å². The van der Waals surface area contributed by atoms with E-state index in [-0.39, 0.29) is 5.41 Å². The van der Waals surface area contributed by atoms with Crippen LogP contribution in [0.2, 0.25) is 0 Å². The molecule has 1 N–H and O–H groups in total. The predicted octanol–water partition coefficient (Wildman–Crippen LogP) is 1.84. The van der Waals surface area contributed by atoms with Crippen LogP contribution in [-0.2, 0) is 0 Å². The average Bonchev–Trinajstić information content (AvgIpc) is 2.51. The lowest BCUT2D eigenvalue weighted by molar-refractivity contribution is 0.255. The Morgan fingerprint density at radius 3 is 2.46 bits per heavy atom. The molecular formula is C11H22N2. The zero-order chi connectivity index (χ0) is 10.1. The van der Waals surface area contributed by atoms with Gasteiger partial charge in [-0.2, -0.15) is 0 Å². The third kappa shape index (κ3) is 2.47. The molecular weight excluding hydrogens is 160 g/mol. The van der Waals surface area contributed by atoms with Gasteiger partial charge < -0.3 is 10.2 Å². The normalized spacial score (nSPS) is 23.2. The molecule has 1 rings (SSSR count). The van der Waals surface area contributed by atoms with Crippen molar-refractivity contribution in [2.24, 2.45) is 5.41 Å². The Morgan fingerprint density at radius 2 is 2.08 bits per heavy atom. The molecule has 0 aromatic carbocycles. The van der Waals surface area contributed by atoms with Crippen molar-refractivity contribution in [2.75, 3.05) is 20.1 Å². The molecule has 0 aromatic heterocycles. The average molecular weight is 182 g/mol. The van der Waals surface area contributed by atoms with Gasteiger partial charge in [-0.3, -0.25) is 0 Å². The summed E-state index contributed by atoms with van der Waals surface area (Å²) < 4.78 is 0. The number of nitrogens with one attached hydrogen (secondary N) is 1. The molecule has 0 radical (unpaired) electrons. The van der Waals surface area contributed by atoms with Crippen LogP contribution < -0.4 is 5.32 Å². The van der Waals surface area contributed by atoms with Gasteiger partial charge in [0.1, 0.15) is 0 Å². The van der Waals surface area contributed by atoms with E-state index in [1.54, 1.807) is 0 Å². The SMILES string of the molecule is C=C(N(C)C1CCNC1)C(C)(C)C. The second-order valence-electron chi connectivity index (χ2n) is 4.95. The maximum absolute atomic E-state index is 4.17. The van der Waals surface area contributed by atoms with Gasteiger partial charge in [-0.1, -0.05) is 27.4 Å². The molecule has 76 valence electrons. The van der Waals surface area contributed by atoms with Crippen molar-refractivity contribution in [3.8, 4) is 0 Å². The van der Waals surface area contributed by atoms with Crippen LogP contribution in [0.5, 0.6) is 0 Å². The number of hydrogen-bond donors (Lipinski definition) is 1. The topological polar surface area (TPSA) is 15.3 Å². The summed E-state index contributed by atoms with van der Waals surface area (Å²) in [5, 5.41) is 3.38. The summed E-state index contributed by atoms with van der Waals surface area (Å²) >= 11 is 0. The minimum atomic E-state index is 0.192. The zero-order valence-corrected chi connectivity index (χ0v) is 9.35. The zero-order valence-electron chi connectivity index (χ0n) is 9.35. The Hall–Kier alpha value is -0.500. The number of nitrogens with zero attached hydrogens (tertiary/aromatic N) is 1. The first kappa shape index (κ1) is 10.6. The van der Waals surface area contributed by atoms with E-state index < -0.39 is 0 Å². The highest BCUT2D eigenvalue weighted by molar-refractivity contribution is 5.06. The molecule has 1 heterocycles. The monoisotopic (exact) mass is 182 g/mol. The second kappa shape index (κ2) is 3.70. The molecule has 0 saturated carbocycles. The molecule has 1 saturated heterocycles. The van der Waals surface area contributed by atoms with Gasteiger partial charge in [-0.25, -0.2) is 0 Å².